The van der Waals surface area contributed by atoms with Gasteiger partial charge in [0.15, 0.2) is 8.32 Å². The van der Waals surface area contributed by atoms with Crippen LogP contribution in [0.25, 0.3) is 11.1 Å². The second-order valence-corrected chi connectivity index (χ2v) is 16.3. The second-order valence-electron chi connectivity index (χ2n) is 11.5. The van der Waals surface area contributed by atoms with Crippen LogP contribution in [-0.2, 0) is 11.0 Å². The zero-order valence-corrected chi connectivity index (χ0v) is 25.4. The van der Waals surface area contributed by atoms with Crippen molar-refractivity contribution in [3.8, 4) is 22.6 Å². The third-order valence-corrected chi connectivity index (χ3v) is 12.0. The molecule has 0 amide bonds. The van der Waals surface area contributed by atoms with E-state index in [1.165, 1.54) is 22.3 Å². The minimum absolute atomic E-state index is 0.226. The van der Waals surface area contributed by atoms with E-state index in [1.54, 1.807) is 7.05 Å². The van der Waals surface area contributed by atoms with Crippen LogP contribution >= 0.6 is 0 Å². The first-order chi connectivity index (χ1) is 17.9. The third-order valence-electron chi connectivity index (χ3n) is 7.42. The van der Waals surface area contributed by atoms with E-state index in [9.17, 15) is 5.02 Å². The molecule has 5 nitrogen and oxygen atoms in total. The fraction of sp³-hybridized carbons (Fsp3) is 0.419. The molecule has 0 bridgehead atoms. The van der Waals surface area contributed by atoms with E-state index in [0.717, 1.165) is 35.6 Å². The molecule has 3 aromatic rings. The minimum Gasteiger partial charge on any atom is -0.493 e. The monoisotopic (exact) mass is 533 g/mol. The molecule has 0 heterocycles. The van der Waals surface area contributed by atoms with Gasteiger partial charge in [-0.25, -0.2) is 0 Å². The summed E-state index contributed by atoms with van der Waals surface area (Å²) in [5, 5.41) is 12.9. The Bertz CT molecular complexity index is 1170. The molecule has 2 N–H and O–H groups in total. The summed E-state index contributed by atoms with van der Waals surface area (Å²) in [6, 6.07) is 20.2. The quantitative estimate of drug-likeness (QED) is 0.213. The van der Waals surface area contributed by atoms with Gasteiger partial charge in [-0.05, 0) is 103 Å². The highest BCUT2D eigenvalue weighted by Crippen LogP contribution is 2.36. The zero-order chi connectivity index (χ0) is 27.9. The first-order valence-electron chi connectivity index (χ1n) is 13.5. The van der Waals surface area contributed by atoms with E-state index in [4.69, 9.17) is 13.9 Å². The predicted molar refractivity (Wildman–Crippen MR) is 162 cm³/mol. The highest BCUT2D eigenvalue weighted by atomic mass is 28.4. The molecule has 0 spiro atoms. The Balaban J connectivity index is 1.59. The van der Waals surface area contributed by atoms with Gasteiger partial charge in [-0.15, -0.1) is 0 Å². The summed E-state index contributed by atoms with van der Waals surface area (Å²) >= 11 is 0. The maximum absolute atomic E-state index is 9.88. The van der Waals surface area contributed by atoms with Crippen LogP contribution in [0.2, 0.25) is 18.1 Å². The Morgan fingerprint density at radius 2 is 1.53 bits per heavy atom. The number of hydrogen-bond donors (Lipinski definition) is 2. The lowest BCUT2D eigenvalue weighted by Crippen LogP contribution is -2.42. The lowest BCUT2D eigenvalue weighted by atomic mass is 9.75. The SMILES string of the molecule is CNB(O)c1ccc(OCc2cccc(-c3c(C)cc(OCCCO[Si](C)(C)C(C)(C)C)cc3C)c2)cc1. The molecule has 204 valence electrons. The number of benzene rings is 3. The summed E-state index contributed by atoms with van der Waals surface area (Å²) < 4.78 is 18.4. The van der Waals surface area contributed by atoms with Crippen LogP contribution in [0.5, 0.6) is 11.5 Å². The van der Waals surface area contributed by atoms with Crippen LogP contribution in [0.4, 0.5) is 0 Å². The van der Waals surface area contributed by atoms with Crippen LogP contribution in [0, 0.1) is 13.8 Å². The first-order valence-corrected chi connectivity index (χ1v) is 16.4. The summed E-state index contributed by atoms with van der Waals surface area (Å²) in [5.74, 6) is 1.67. The van der Waals surface area contributed by atoms with Crippen molar-refractivity contribution in [2.75, 3.05) is 20.3 Å². The lowest BCUT2D eigenvalue weighted by molar-refractivity contribution is 0.233. The molecule has 0 aliphatic rings. The Morgan fingerprint density at radius 1 is 0.868 bits per heavy atom. The number of nitrogens with one attached hydrogen (secondary N) is 1. The molecular weight excluding hydrogens is 489 g/mol. The largest absolute Gasteiger partial charge is 0.493 e. The van der Waals surface area contributed by atoms with Gasteiger partial charge in [-0.1, -0.05) is 51.1 Å². The summed E-state index contributed by atoms with van der Waals surface area (Å²) in [7, 11) is -0.665. The molecule has 0 aromatic heterocycles. The smallest absolute Gasteiger partial charge is 0.412 e. The molecular formula is C31H44BNO4Si. The number of hydrogen-bond acceptors (Lipinski definition) is 5. The van der Waals surface area contributed by atoms with E-state index >= 15 is 0 Å². The lowest BCUT2D eigenvalue weighted by Gasteiger charge is -2.36. The molecule has 3 rings (SSSR count). The molecule has 0 aliphatic heterocycles. The van der Waals surface area contributed by atoms with Crippen molar-refractivity contribution in [3.05, 3.63) is 77.4 Å². The van der Waals surface area contributed by atoms with Crippen LogP contribution in [0.3, 0.4) is 0 Å². The van der Waals surface area contributed by atoms with Gasteiger partial charge in [-0.3, -0.25) is 0 Å². The van der Waals surface area contributed by atoms with E-state index in [1.807, 2.05) is 24.3 Å². The van der Waals surface area contributed by atoms with Crippen molar-refractivity contribution < 1.29 is 18.9 Å². The van der Waals surface area contributed by atoms with Gasteiger partial charge in [0.2, 0.25) is 0 Å². The van der Waals surface area contributed by atoms with Gasteiger partial charge in [0.1, 0.15) is 18.1 Å². The summed E-state index contributed by atoms with van der Waals surface area (Å²) in [6.07, 6.45) is 0.882. The zero-order valence-electron chi connectivity index (χ0n) is 24.4. The molecule has 0 saturated heterocycles. The highest BCUT2D eigenvalue weighted by molar-refractivity contribution is 6.74. The standard InChI is InChI=1S/C31H44BNO4Si/c1-23-19-29(35-17-10-18-37-38(7,8)31(3,4)5)20-24(2)30(23)26-12-9-11-25(21-26)22-36-28-15-13-27(14-16-28)32(34)33-6/h9,11-16,19-21,33-34H,10,17-18,22H2,1-8H3. The normalized spacial score (nSPS) is 11.9. The van der Waals surface area contributed by atoms with Crippen LogP contribution in [0.1, 0.15) is 43.9 Å². The molecule has 0 aliphatic carbocycles. The number of aryl methyl sites for hydroxylation is 2. The fourth-order valence-electron chi connectivity index (χ4n) is 4.15. The molecule has 3 aromatic carbocycles. The highest BCUT2D eigenvalue weighted by Gasteiger charge is 2.36. The van der Waals surface area contributed by atoms with Crippen molar-refractivity contribution in [2.45, 2.75) is 65.8 Å². The molecule has 38 heavy (non-hydrogen) atoms. The van der Waals surface area contributed by atoms with Gasteiger partial charge >= 0.3 is 7.05 Å². The number of ether oxygens (including phenoxy) is 2. The van der Waals surface area contributed by atoms with Crippen molar-refractivity contribution in [3.63, 3.8) is 0 Å². The van der Waals surface area contributed by atoms with Crippen molar-refractivity contribution in [1.29, 1.82) is 0 Å². The van der Waals surface area contributed by atoms with Gasteiger partial charge in [0.25, 0.3) is 0 Å². The molecule has 0 saturated carbocycles. The van der Waals surface area contributed by atoms with Gasteiger partial charge in [0, 0.05) is 13.0 Å². The van der Waals surface area contributed by atoms with Gasteiger partial charge in [0.05, 0.1) is 6.61 Å². The Morgan fingerprint density at radius 3 is 2.13 bits per heavy atom. The van der Waals surface area contributed by atoms with Crippen molar-refractivity contribution in [1.82, 2.24) is 5.23 Å². The maximum atomic E-state index is 9.88. The van der Waals surface area contributed by atoms with E-state index in [0.29, 0.717) is 13.2 Å². The van der Waals surface area contributed by atoms with Crippen LogP contribution in [-0.4, -0.2) is 40.7 Å². The first kappa shape index (κ1) is 30.0. The van der Waals surface area contributed by atoms with Gasteiger partial charge in [-0.2, -0.15) is 0 Å². The molecule has 0 radical (unpaired) electrons. The fourth-order valence-corrected chi connectivity index (χ4v) is 5.24. The van der Waals surface area contributed by atoms with E-state index in [-0.39, 0.29) is 5.04 Å². The predicted octanol–water partition coefficient (Wildman–Crippen LogP) is 6.25. The van der Waals surface area contributed by atoms with Crippen LogP contribution < -0.4 is 20.2 Å². The molecule has 7 heteroatoms. The Hall–Kier alpha value is -2.58. The maximum Gasteiger partial charge on any atom is 0.412 e. The third kappa shape index (κ3) is 7.96. The van der Waals surface area contributed by atoms with E-state index in [2.05, 4.69) is 89.3 Å². The van der Waals surface area contributed by atoms with E-state index < -0.39 is 15.4 Å². The Labute approximate surface area is 230 Å². The summed E-state index contributed by atoms with van der Waals surface area (Å²) in [5.41, 5.74) is 6.68. The van der Waals surface area contributed by atoms with Crippen LogP contribution in [0.15, 0.2) is 60.7 Å². The van der Waals surface area contributed by atoms with Gasteiger partial charge < -0.3 is 24.2 Å². The van der Waals surface area contributed by atoms with Crippen molar-refractivity contribution >= 4 is 20.8 Å². The van der Waals surface area contributed by atoms with Crippen molar-refractivity contribution in [2.24, 2.45) is 0 Å². The summed E-state index contributed by atoms with van der Waals surface area (Å²) in [4.78, 5) is 0. The topological polar surface area (TPSA) is 60.0 Å². The molecule has 0 atom stereocenters. The average Bonchev–Trinajstić information content (AvgIpc) is 2.86. The number of rotatable bonds is 12. The molecule has 0 unspecified atom stereocenters. The second kappa shape index (κ2) is 13.0. The average molecular weight is 534 g/mol. The minimum atomic E-state index is -1.71. The summed E-state index contributed by atoms with van der Waals surface area (Å²) in [6.45, 7) is 17.5. The molecule has 0 fully saturated rings. The Kier molecular flexibility index (Phi) is 10.2.